The average molecular weight is 314 g/mol. The summed E-state index contributed by atoms with van der Waals surface area (Å²) in [5, 5.41) is 13.0. The summed E-state index contributed by atoms with van der Waals surface area (Å²) in [6, 6.07) is 5.56. The maximum atomic E-state index is 11.4. The summed E-state index contributed by atoms with van der Waals surface area (Å²) in [5.41, 5.74) is 1.02. The van der Waals surface area contributed by atoms with Gasteiger partial charge >= 0.3 is 0 Å². The number of phenolic OH excluding ortho intramolecular Hbond substituents is 1. The van der Waals surface area contributed by atoms with Crippen LogP contribution in [0.15, 0.2) is 18.2 Å². The minimum Gasteiger partial charge on any atom is -0.504 e. The van der Waals surface area contributed by atoms with Crippen molar-refractivity contribution in [2.24, 2.45) is 0 Å². The summed E-state index contributed by atoms with van der Waals surface area (Å²) < 4.78 is 29.5. The van der Waals surface area contributed by atoms with Crippen molar-refractivity contribution in [1.82, 2.24) is 9.62 Å². The number of nitrogens with one attached hydrogen (secondary N) is 1. The van der Waals surface area contributed by atoms with Crippen molar-refractivity contribution in [2.75, 3.05) is 26.5 Å². The number of rotatable bonds is 5. The number of ether oxygens (including phenoxy) is 1. The van der Waals surface area contributed by atoms with Crippen LogP contribution in [-0.4, -0.2) is 50.3 Å². The first-order valence-corrected chi connectivity index (χ1v) is 8.79. The van der Waals surface area contributed by atoms with Crippen LogP contribution in [-0.2, 0) is 16.6 Å². The molecule has 1 heterocycles. The minimum atomic E-state index is -3.07. The van der Waals surface area contributed by atoms with Gasteiger partial charge in [-0.3, -0.25) is 0 Å². The third-order valence-corrected chi connectivity index (χ3v) is 5.07. The number of phenols is 1. The zero-order valence-electron chi connectivity index (χ0n) is 12.4. The predicted octanol–water partition coefficient (Wildman–Crippen LogP) is 0.914. The number of hydrogen-bond acceptors (Lipinski definition) is 5. The van der Waals surface area contributed by atoms with E-state index in [0.29, 0.717) is 31.4 Å². The highest BCUT2D eigenvalue weighted by Gasteiger charge is 2.24. The Labute approximate surface area is 125 Å². The fourth-order valence-electron chi connectivity index (χ4n) is 2.49. The van der Waals surface area contributed by atoms with Gasteiger partial charge in [-0.25, -0.2) is 12.7 Å². The zero-order chi connectivity index (χ0) is 15.5. The summed E-state index contributed by atoms with van der Waals surface area (Å²) in [6.45, 7) is 1.80. The Morgan fingerprint density at radius 1 is 1.38 bits per heavy atom. The largest absolute Gasteiger partial charge is 0.504 e. The Kier molecular flexibility index (Phi) is 5.08. The molecule has 0 aromatic heterocycles. The molecule has 0 bridgehead atoms. The lowest BCUT2D eigenvalue weighted by atomic mass is 10.1. The number of methoxy groups -OCH3 is 1. The summed E-state index contributed by atoms with van der Waals surface area (Å²) >= 11 is 0. The lowest BCUT2D eigenvalue weighted by Crippen LogP contribution is -2.44. The first-order valence-electron chi connectivity index (χ1n) is 6.94. The fraction of sp³-hybridized carbons (Fsp3) is 0.571. The van der Waals surface area contributed by atoms with Gasteiger partial charge in [0, 0.05) is 25.7 Å². The van der Waals surface area contributed by atoms with Gasteiger partial charge in [0.2, 0.25) is 10.0 Å². The lowest BCUT2D eigenvalue weighted by molar-refractivity contribution is 0.290. The second-order valence-electron chi connectivity index (χ2n) is 5.32. The maximum Gasteiger partial charge on any atom is 0.211 e. The lowest BCUT2D eigenvalue weighted by Gasteiger charge is -2.30. The van der Waals surface area contributed by atoms with E-state index < -0.39 is 10.0 Å². The maximum absolute atomic E-state index is 11.4. The molecule has 0 atom stereocenters. The molecule has 1 aliphatic heterocycles. The normalized spacial score (nSPS) is 17.8. The molecule has 0 unspecified atom stereocenters. The highest BCUT2D eigenvalue weighted by atomic mass is 32.2. The van der Waals surface area contributed by atoms with Gasteiger partial charge in [0.1, 0.15) is 0 Å². The van der Waals surface area contributed by atoms with E-state index in [2.05, 4.69) is 5.32 Å². The van der Waals surface area contributed by atoms with E-state index in [1.807, 2.05) is 6.07 Å². The molecule has 7 heteroatoms. The van der Waals surface area contributed by atoms with Gasteiger partial charge < -0.3 is 15.2 Å². The third kappa shape index (κ3) is 4.33. The molecule has 1 fully saturated rings. The molecule has 1 aliphatic rings. The number of piperidine rings is 1. The molecule has 1 aromatic carbocycles. The van der Waals surface area contributed by atoms with Crippen molar-refractivity contribution in [2.45, 2.75) is 25.4 Å². The number of hydrogen-bond donors (Lipinski definition) is 2. The van der Waals surface area contributed by atoms with Crippen LogP contribution in [0.5, 0.6) is 11.5 Å². The van der Waals surface area contributed by atoms with Crippen LogP contribution in [0.1, 0.15) is 18.4 Å². The topological polar surface area (TPSA) is 78.9 Å². The van der Waals surface area contributed by atoms with Crippen LogP contribution < -0.4 is 10.1 Å². The second kappa shape index (κ2) is 6.64. The Bertz CT molecular complexity index is 581. The monoisotopic (exact) mass is 314 g/mol. The fourth-order valence-corrected chi connectivity index (χ4v) is 3.36. The first-order chi connectivity index (χ1) is 9.90. The predicted molar refractivity (Wildman–Crippen MR) is 80.9 cm³/mol. The molecule has 0 spiro atoms. The Hall–Kier alpha value is -1.31. The van der Waals surface area contributed by atoms with Crippen molar-refractivity contribution in [3.8, 4) is 11.5 Å². The van der Waals surface area contributed by atoms with Gasteiger partial charge in [-0.1, -0.05) is 6.07 Å². The molecule has 0 radical (unpaired) electrons. The molecular formula is C14H22N2O4S. The molecule has 2 N–H and O–H groups in total. The number of nitrogens with zero attached hydrogens (tertiary/aromatic N) is 1. The molecule has 2 rings (SSSR count). The third-order valence-electron chi connectivity index (χ3n) is 3.76. The Morgan fingerprint density at radius 3 is 2.62 bits per heavy atom. The SMILES string of the molecule is COc1cc(CNC2CCN(S(C)(=O)=O)CC2)ccc1O. The number of benzene rings is 1. The van der Waals surface area contributed by atoms with Crippen LogP contribution in [0.25, 0.3) is 0 Å². The minimum absolute atomic E-state index is 0.128. The molecule has 21 heavy (non-hydrogen) atoms. The van der Waals surface area contributed by atoms with E-state index in [0.717, 1.165) is 18.4 Å². The average Bonchev–Trinajstić information content (AvgIpc) is 2.46. The van der Waals surface area contributed by atoms with Crippen molar-refractivity contribution in [3.63, 3.8) is 0 Å². The van der Waals surface area contributed by atoms with Crippen molar-refractivity contribution >= 4 is 10.0 Å². The van der Waals surface area contributed by atoms with E-state index >= 15 is 0 Å². The van der Waals surface area contributed by atoms with E-state index in [9.17, 15) is 13.5 Å². The van der Waals surface area contributed by atoms with Crippen molar-refractivity contribution in [1.29, 1.82) is 0 Å². The highest BCUT2D eigenvalue weighted by molar-refractivity contribution is 7.88. The van der Waals surface area contributed by atoms with Gasteiger partial charge in [0.05, 0.1) is 13.4 Å². The van der Waals surface area contributed by atoms with Crippen LogP contribution in [0, 0.1) is 0 Å². The molecule has 1 saturated heterocycles. The molecule has 0 aliphatic carbocycles. The van der Waals surface area contributed by atoms with Gasteiger partial charge in [-0.15, -0.1) is 0 Å². The van der Waals surface area contributed by atoms with Crippen molar-refractivity contribution < 1.29 is 18.3 Å². The standard InChI is InChI=1S/C14H22N2O4S/c1-20-14-9-11(3-4-13(14)17)10-15-12-5-7-16(8-6-12)21(2,18)19/h3-4,9,12,15,17H,5-8,10H2,1-2H3. The summed E-state index contributed by atoms with van der Waals surface area (Å²) in [7, 11) is -1.55. The molecule has 1 aromatic rings. The molecule has 6 nitrogen and oxygen atoms in total. The van der Waals surface area contributed by atoms with E-state index in [-0.39, 0.29) is 5.75 Å². The van der Waals surface area contributed by atoms with Gasteiger partial charge in [0.15, 0.2) is 11.5 Å². The van der Waals surface area contributed by atoms with E-state index in [4.69, 9.17) is 4.74 Å². The molecule has 118 valence electrons. The number of aromatic hydroxyl groups is 1. The summed E-state index contributed by atoms with van der Waals surface area (Å²) in [5.74, 6) is 0.587. The Balaban J connectivity index is 1.85. The first kappa shape index (κ1) is 16.1. The van der Waals surface area contributed by atoms with E-state index in [1.54, 1.807) is 12.1 Å². The summed E-state index contributed by atoms with van der Waals surface area (Å²) in [4.78, 5) is 0. The van der Waals surface area contributed by atoms with Crippen LogP contribution in [0.3, 0.4) is 0 Å². The van der Waals surface area contributed by atoms with Crippen LogP contribution >= 0.6 is 0 Å². The second-order valence-corrected chi connectivity index (χ2v) is 7.31. The van der Waals surface area contributed by atoms with Gasteiger partial charge in [0.25, 0.3) is 0 Å². The smallest absolute Gasteiger partial charge is 0.211 e. The molecular weight excluding hydrogens is 292 g/mol. The summed E-state index contributed by atoms with van der Waals surface area (Å²) in [6.07, 6.45) is 2.87. The zero-order valence-corrected chi connectivity index (χ0v) is 13.2. The highest BCUT2D eigenvalue weighted by Crippen LogP contribution is 2.26. The van der Waals surface area contributed by atoms with Gasteiger partial charge in [-0.05, 0) is 30.5 Å². The van der Waals surface area contributed by atoms with E-state index in [1.165, 1.54) is 17.7 Å². The van der Waals surface area contributed by atoms with Crippen molar-refractivity contribution in [3.05, 3.63) is 23.8 Å². The van der Waals surface area contributed by atoms with Crippen LogP contribution in [0.4, 0.5) is 0 Å². The van der Waals surface area contributed by atoms with Crippen LogP contribution in [0.2, 0.25) is 0 Å². The number of sulfonamides is 1. The molecule has 0 amide bonds. The van der Waals surface area contributed by atoms with Gasteiger partial charge in [-0.2, -0.15) is 0 Å². The quantitative estimate of drug-likeness (QED) is 0.845. The molecule has 0 saturated carbocycles. The Morgan fingerprint density at radius 2 is 2.05 bits per heavy atom.